The predicted molar refractivity (Wildman–Crippen MR) is 82.2 cm³/mol. The average molecular weight is 287 g/mol. The normalized spacial score (nSPS) is 13.0. The molecule has 2 aromatic rings. The SMILES string of the molecule is Cc1c(F)cccc1NCC(C(N)=NO)c1ccccc1. The number of benzene rings is 2. The molecule has 5 heteroatoms. The lowest BCUT2D eigenvalue weighted by Gasteiger charge is -2.18. The number of halogens is 1. The highest BCUT2D eigenvalue weighted by Gasteiger charge is 2.17. The molecule has 0 heterocycles. The molecule has 0 aromatic heterocycles. The first-order valence-electron chi connectivity index (χ1n) is 6.65. The zero-order valence-corrected chi connectivity index (χ0v) is 11.8. The molecular weight excluding hydrogens is 269 g/mol. The van der Waals surface area contributed by atoms with Gasteiger partial charge in [0.15, 0.2) is 0 Å². The van der Waals surface area contributed by atoms with Gasteiger partial charge >= 0.3 is 0 Å². The molecule has 0 bridgehead atoms. The minimum atomic E-state index is -0.293. The largest absolute Gasteiger partial charge is 0.409 e. The second kappa shape index (κ2) is 6.74. The Bertz CT molecular complexity index is 629. The first-order valence-corrected chi connectivity index (χ1v) is 6.65. The van der Waals surface area contributed by atoms with Crippen molar-refractivity contribution in [3.05, 3.63) is 65.5 Å². The van der Waals surface area contributed by atoms with Crippen molar-refractivity contribution in [3.63, 3.8) is 0 Å². The van der Waals surface area contributed by atoms with Crippen molar-refractivity contribution in [2.45, 2.75) is 12.8 Å². The van der Waals surface area contributed by atoms with Gasteiger partial charge in [0.2, 0.25) is 0 Å². The molecule has 0 aliphatic rings. The predicted octanol–water partition coefficient (Wildman–Crippen LogP) is 3.08. The van der Waals surface area contributed by atoms with Crippen molar-refractivity contribution in [1.82, 2.24) is 0 Å². The third-order valence-corrected chi connectivity index (χ3v) is 3.44. The van der Waals surface area contributed by atoms with Crippen molar-refractivity contribution in [2.24, 2.45) is 10.9 Å². The number of nitrogens with two attached hydrogens (primary N) is 1. The topological polar surface area (TPSA) is 70.6 Å². The van der Waals surface area contributed by atoms with Gasteiger partial charge in [0.25, 0.3) is 0 Å². The van der Waals surface area contributed by atoms with E-state index < -0.39 is 0 Å². The van der Waals surface area contributed by atoms with Gasteiger partial charge < -0.3 is 16.3 Å². The summed E-state index contributed by atoms with van der Waals surface area (Å²) in [5.41, 5.74) is 7.93. The summed E-state index contributed by atoms with van der Waals surface area (Å²) in [5.74, 6) is -0.443. The molecule has 0 radical (unpaired) electrons. The van der Waals surface area contributed by atoms with E-state index in [9.17, 15) is 4.39 Å². The molecule has 2 rings (SSSR count). The van der Waals surface area contributed by atoms with Crippen LogP contribution < -0.4 is 11.1 Å². The van der Waals surface area contributed by atoms with Gasteiger partial charge in [-0.1, -0.05) is 41.6 Å². The fourth-order valence-electron chi connectivity index (χ4n) is 2.16. The maximum Gasteiger partial charge on any atom is 0.148 e. The fraction of sp³-hybridized carbons (Fsp3) is 0.188. The van der Waals surface area contributed by atoms with Gasteiger partial charge in [-0.25, -0.2) is 4.39 Å². The van der Waals surface area contributed by atoms with E-state index in [1.165, 1.54) is 6.07 Å². The van der Waals surface area contributed by atoms with Gasteiger partial charge in [-0.2, -0.15) is 0 Å². The van der Waals surface area contributed by atoms with E-state index in [1.807, 2.05) is 30.3 Å². The summed E-state index contributed by atoms with van der Waals surface area (Å²) in [5, 5.41) is 15.2. The van der Waals surface area contributed by atoms with E-state index >= 15 is 0 Å². The monoisotopic (exact) mass is 287 g/mol. The van der Waals surface area contributed by atoms with Crippen LogP contribution in [0.3, 0.4) is 0 Å². The highest BCUT2D eigenvalue weighted by atomic mass is 19.1. The number of nitrogens with zero attached hydrogens (tertiary/aromatic N) is 1. The summed E-state index contributed by atoms with van der Waals surface area (Å²) in [6.07, 6.45) is 0. The first-order chi connectivity index (χ1) is 10.1. The Morgan fingerprint density at radius 3 is 2.62 bits per heavy atom. The quantitative estimate of drug-likeness (QED) is 0.342. The van der Waals surface area contributed by atoms with Crippen molar-refractivity contribution < 1.29 is 9.60 Å². The van der Waals surface area contributed by atoms with Crippen LogP contribution in [0.15, 0.2) is 53.7 Å². The molecular formula is C16H18FN3O. The number of nitrogens with one attached hydrogen (secondary N) is 1. The molecule has 4 nitrogen and oxygen atoms in total. The van der Waals surface area contributed by atoms with E-state index in [4.69, 9.17) is 10.9 Å². The third-order valence-electron chi connectivity index (χ3n) is 3.44. The van der Waals surface area contributed by atoms with Crippen LogP contribution in [0, 0.1) is 12.7 Å². The number of oxime groups is 1. The van der Waals surface area contributed by atoms with Crippen LogP contribution >= 0.6 is 0 Å². The lowest BCUT2D eigenvalue weighted by molar-refractivity contribution is 0.316. The molecule has 4 N–H and O–H groups in total. The Balaban J connectivity index is 2.19. The Labute approximate surface area is 123 Å². The van der Waals surface area contributed by atoms with Gasteiger partial charge in [-0.15, -0.1) is 0 Å². The standard InChI is InChI=1S/C16H18FN3O/c1-11-14(17)8-5-9-15(11)19-10-13(16(18)20-21)12-6-3-2-4-7-12/h2-9,13,19,21H,10H2,1H3,(H2,18,20). The molecule has 0 spiro atoms. The molecule has 1 unspecified atom stereocenters. The van der Waals surface area contributed by atoms with Crippen LogP contribution in [0.2, 0.25) is 0 Å². The van der Waals surface area contributed by atoms with E-state index in [0.717, 1.165) is 5.56 Å². The minimum Gasteiger partial charge on any atom is -0.409 e. The molecule has 1 atom stereocenters. The van der Waals surface area contributed by atoms with Gasteiger partial charge in [-0.05, 0) is 24.6 Å². The van der Waals surface area contributed by atoms with Gasteiger partial charge in [0.1, 0.15) is 11.7 Å². The van der Waals surface area contributed by atoms with Crippen molar-refractivity contribution in [2.75, 3.05) is 11.9 Å². The fourth-order valence-corrected chi connectivity index (χ4v) is 2.16. The van der Waals surface area contributed by atoms with Crippen LogP contribution in [0.25, 0.3) is 0 Å². The van der Waals surface area contributed by atoms with Gasteiger partial charge in [0, 0.05) is 17.8 Å². The van der Waals surface area contributed by atoms with Gasteiger partial charge in [-0.3, -0.25) is 0 Å². The van der Waals surface area contributed by atoms with Crippen LogP contribution in [0.4, 0.5) is 10.1 Å². The second-order valence-electron chi connectivity index (χ2n) is 4.78. The Morgan fingerprint density at radius 2 is 1.95 bits per heavy atom. The molecule has 0 fully saturated rings. The summed E-state index contributed by atoms with van der Waals surface area (Å²) in [7, 11) is 0. The second-order valence-corrected chi connectivity index (χ2v) is 4.78. The van der Waals surface area contributed by atoms with Crippen molar-refractivity contribution >= 4 is 11.5 Å². The number of anilines is 1. The number of rotatable bonds is 5. The van der Waals surface area contributed by atoms with Gasteiger partial charge in [0.05, 0.1) is 5.92 Å². The van der Waals surface area contributed by atoms with E-state index in [1.54, 1.807) is 19.1 Å². The molecule has 21 heavy (non-hydrogen) atoms. The first kappa shape index (κ1) is 14.8. The molecule has 110 valence electrons. The van der Waals surface area contributed by atoms with Crippen molar-refractivity contribution in [1.29, 1.82) is 0 Å². The van der Waals surface area contributed by atoms with E-state index in [2.05, 4.69) is 10.5 Å². The number of hydrogen-bond donors (Lipinski definition) is 3. The Morgan fingerprint density at radius 1 is 1.24 bits per heavy atom. The zero-order chi connectivity index (χ0) is 15.2. The molecule has 0 saturated heterocycles. The van der Waals surface area contributed by atoms with Crippen LogP contribution in [0.5, 0.6) is 0 Å². The molecule has 0 amide bonds. The highest BCUT2D eigenvalue weighted by Crippen LogP contribution is 2.21. The Hall–Kier alpha value is -2.56. The van der Waals surface area contributed by atoms with Crippen LogP contribution in [0.1, 0.15) is 17.0 Å². The lowest BCUT2D eigenvalue weighted by atomic mass is 9.98. The minimum absolute atomic E-state index is 0.114. The molecule has 0 saturated carbocycles. The third kappa shape index (κ3) is 3.51. The lowest BCUT2D eigenvalue weighted by Crippen LogP contribution is -2.28. The number of amidine groups is 1. The summed E-state index contributed by atoms with van der Waals surface area (Å²) in [6.45, 7) is 2.11. The number of hydrogen-bond acceptors (Lipinski definition) is 3. The van der Waals surface area contributed by atoms with E-state index in [-0.39, 0.29) is 17.6 Å². The summed E-state index contributed by atoms with van der Waals surface area (Å²) in [4.78, 5) is 0. The van der Waals surface area contributed by atoms with Crippen LogP contribution in [-0.4, -0.2) is 17.6 Å². The average Bonchev–Trinajstić information content (AvgIpc) is 2.52. The molecule has 0 aliphatic carbocycles. The summed E-state index contributed by atoms with van der Waals surface area (Å²) < 4.78 is 13.5. The van der Waals surface area contributed by atoms with Crippen molar-refractivity contribution in [3.8, 4) is 0 Å². The highest BCUT2D eigenvalue weighted by molar-refractivity contribution is 5.87. The van der Waals surface area contributed by atoms with E-state index in [0.29, 0.717) is 17.8 Å². The maximum atomic E-state index is 13.5. The summed E-state index contributed by atoms with van der Waals surface area (Å²) >= 11 is 0. The zero-order valence-electron chi connectivity index (χ0n) is 11.8. The van der Waals surface area contributed by atoms with Crippen LogP contribution in [-0.2, 0) is 0 Å². The molecule has 2 aromatic carbocycles. The summed E-state index contributed by atoms with van der Waals surface area (Å²) in [6, 6.07) is 14.3. The maximum absolute atomic E-state index is 13.5. The molecule has 0 aliphatic heterocycles. The smallest absolute Gasteiger partial charge is 0.148 e. The Kier molecular flexibility index (Phi) is 4.77.